The first-order valence-electron chi connectivity index (χ1n) is 6.34. The van der Waals surface area contributed by atoms with Gasteiger partial charge in [0.2, 0.25) is 0 Å². The van der Waals surface area contributed by atoms with Crippen molar-refractivity contribution in [3.8, 4) is 0 Å². The number of aryl methyl sites for hydroxylation is 1. The molecule has 1 aliphatic rings. The molecule has 13 heteroatoms. The zero-order valence-corrected chi connectivity index (χ0v) is 13.9. The molecule has 1 saturated heterocycles. The van der Waals surface area contributed by atoms with E-state index in [1.54, 1.807) is 34.6 Å². The minimum absolute atomic E-state index is 0.114. The van der Waals surface area contributed by atoms with Crippen LogP contribution in [0.15, 0.2) is 18.7 Å². The van der Waals surface area contributed by atoms with Crippen molar-refractivity contribution in [3.05, 3.63) is 18.7 Å². The number of nitrogens with zero attached hydrogens (tertiary/aromatic N) is 3. The molecule has 8 nitrogen and oxygen atoms in total. The lowest BCUT2D eigenvalue weighted by atomic mass is 10.3. The van der Waals surface area contributed by atoms with E-state index in [1.165, 1.54) is 3.97 Å². The lowest BCUT2D eigenvalue weighted by Crippen LogP contribution is -2.38. The molecule has 0 aliphatic carbocycles. The van der Waals surface area contributed by atoms with Crippen molar-refractivity contribution in [1.82, 2.24) is 8.28 Å². The van der Waals surface area contributed by atoms with Gasteiger partial charge in [-0.1, -0.05) is 0 Å². The first-order chi connectivity index (χ1) is 10.3. The molecule has 0 N–H and O–H groups in total. The number of hydrogen-bond acceptors (Lipinski definition) is 5. The Morgan fingerprint density at radius 3 is 2.09 bits per heavy atom. The fraction of sp³-hybridized carbons (Fsp3) is 0.700. The maximum atomic E-state index is 12.1. The SMILES string of the molecule is CC1CCCN1S(=O)(=O)n1cc[n+](C)c1.O=S(=O)([O-])C(F)(F)F. The molecule has 1 aliphatic heterocycles. The largest absolute Gasteiger partial charge is 0.741 e. The van der Waals surface area contributed by atoms with Crippen molar-refractivity contribution < 1.29 is 39.1 Å². The molecule has 1 atom stereocenters. The summed E-state index contributed by atoms with van der Waals surface area (Å²) in [5, 5.41) is 0. The summed E-state index contributed by atoms with van der Waals surface area (Å²) in [4.78, 5) is 0. The molecule has 0 aromatic carbocycles. The van der Waals surface area contributed by atoms with Crippen LogP contribution in [0.3, 0.4) is 0 Å². The van der Waals surface area contributed by atoms with Crippen molar-refractivity contribution >= 4 is 20.3 Å². The summed E-state index contributed by atoms with van der Waals surface area (Å²) in [6, 6.07) is 0.114. The summed E-state index contributed by atoms with van der Waals surface area (Å²) in [6.45, 7) is 2.58. The zero-order chi connectivity index (χ0) is 18.1. The minimum atomic E-state index is -6.09. The third kappa shape index (κ3) is 4.89. The second-order valence-electron chi connectivity index (χ2n) is 4.92. The predicted molar refractivity (Wildman–Crippen MR) is 71.1 cm³/mol. The van der Waals surface area contributed by atoms with Crippen LogP contribution in [0, 0.1) is 0 Å². The Labute approximate surface area is 132 Å². The molecule has 2 rings (SSSR count). The number of halogens is 3. The lowest BCUT2D eigenvalue weighted by molar-refractivity contribution is -0.670. The number of alkyl halides is 3. The third-order valence-electron chi connectivity index (χ3n) is 3.08. The standard InChI is InChI=1S/C9H16N3O2S.CHF3O3S/c1-9-4-3-5-12(9)15(13,14)11-7-6-10(2)8-11;2-1(3,4)8(5,6)7/h6-9H,3-5H2,1-2H3;(H,5,6,7)/q+1;/p-1. The van der Waals surface area contributed by atoms with Crippen LogP contribution >= 0.6 is 0 Å². The summed E-state index contributed by atoms with van der Waals surface area (Å²) in [5.74, 6) is 0. The lowest BCUT2D eigenvalue weighted by Gasteiger charge is -2.17. The van der Waals surface area contributed by atoms with E-state index in [-0.39, 0.29) is 6.04 Å². The average molecular weight is 379 g/mol. The van der Waals surface area contributed by atoms with Crippen LogP contribution in [0.4, 0.5) is 13.2 Å². The molecule has 1 aromatic rings. The molecule has 0 saturated carbocycles. The van der Waals surface area contributed by atoms with Crippen LogP contribution in [0.25, 0.3) is 0 Å². The molecule has 0 radical (unpaired) electrons. The number of rotatable bonds is 2. The van der Waals surface area contributed by atoms with Gasteiger partial charge in [-0.3, -0.25) is 0 Å². The highest BCUT2D eigenvalue weighted by Crippen LogP contribution is 2.21. The van der Waals surface area contributed by atoms with Gasteiger partial charge < -0.3 is 4.55 Å². The Balaban J connectivity index is 0.000000284. The highest BCUT2D eigenvalue weighted by atomic mass is 32.2. The summed E-state index contributed by atoms with van der Waals surface area (Å²) in [7, 11) is -7.62. The van der Waals surface area contributed by atoms with E-state index in [9.17, 15) is 21.6 Å². The molecule has 0 bridgehead atoms. The Kier molecular flexibility index (Phi) is 5.83. The third-order valence-corrected chi connectivity index (χ3v) is 5.53. The van der Waals surface area contributed by atoms with Gasteiger partial charge in [0.15, 0.2) is 10.1 Å². The maximum absolute atomic E-state index is 12.1. The van der Waals surface area contributed by atoms with Gasteiger partial charge in [-0.25, -0.2) is 13.0 Å². The Morgan fingerprint density at radius 1 is 1.26 bits per heavy atom. The van der Waals surface area contributed by atoms with Crippen molar-refractivity contribution in [2.75, 3.05) is 6.54 Å². The Hall–Kier alpha value is -1.18. The van der Waals surface area contributed by atoms with E-state index in [1.807, 2.05) is 6.92 Å². The van der Waals surface area contributed by atoms with Gasteiger partial charge in [-0.2, -0.15) is 25.9 Å². The number of aromatic nitrogens is 2. The van der Waals surface area contributed by atoms with E-state index in [2.05, 4.69) is 0 Å². The summed E-state index contributed by atoms with van der Waals surface area (Å²) in [6.07, 6.45) is 6.76. The fourth-order valence-electron chi connectivity index (χ4n) is 1.93. The zero-order valence-electron chi connectivity index (χ0n) is 12.3. The molecule has 0 amide bonds. The van der Waals surface area contributed by atoms with Crippen LogP contribution in [0.5, 0.6) is 0 Å². The summed E-state index contributed by atoms with van der Waals surface area (Å²) >= 11 is 0. The van der Waals surface area contributed by atoms with E-state index >= 15 is 0 Å². The van der Waals surface area contributed by atoms with Gasteiger partial charge in [0.25, 0.3) is 6.33 Å². The second kappa shape index (κ2) is 6.75. The van der Waals surface area contributed by atoms with Crippen LogP contribution in [0.2, 0.25) is 0 Å². The summed E-state index contributed by atoms with van der Waals surface area (Å²) < 4.78 is 87.7. The van der Waals surface area contributed by atoms with Crippen molar-refractivity contribution in [2.24, 2.45) is 7.05 Å². The van der Waals surface area contributed by atoms with Crippen molar-refractivity contribution in [1.29, 1.82) is 0 Å². The maximum Gasteiger partial charge on any atom is 0.485 e. The molecular formula is C10H16F3N3O5S2. The van der Waals surface area contributed by atoms with Crippen LogP contribution in [0.1, 0.15) is 19.8 Å². The predicted octanol–water partition coefficient (Wildman–Crippen LogP) is -0.0588. The molecule has 2 heterocycles. The molecule has 1 aromatic heterocycles. The molecule has 23 heavy (non-hydrogen) atoms. The van der Waals surface area contributed by atoms with Crippen LogP contribution in [-0.2, 0) is 27.4 Å². The first-order valence-corrected chi connectivity index (χ1v) is 9.15. The number of hydrogen-bond donors (Lipinski definition) is 0. The minimum Gasteiger partial charge on any atom is -0.741 e. The molecular weight excluding hydrogens is 363 g/mol. The highest BCUT2D eigenvalue weighted by molar-refractivity contribution is 7.87. The number of imidazole rings is 1. The van der Waals surface area contributed by atoms with E-state index in [4.69, 9.17) is 13.0 Å². The quantitative estimate of drug-likeness (QED) is 0.407. The van der Waals surface area contributed by atoms with E-state index in [0.717, 1.165) is 12.8 Å². The fourth-order valence-corrected chi connectivity index (χ4v) is 3.57. The Morgan fingerprint density at radius 2 is 1.78 bits per heavy atom. The molecule has 0 spiro atoms. The summed E-state index contributed by atoms with van der Waals surface area (Å²) in [5.41, 5.74) is -5.65. The van der Waals surface area contributed by atoms with Gasteiger partial charge in [-0.15, -0.1) is 3.97 Å². The average Bonchev–Trinajstić information content (AvgIpc) is 2.96. The highest BCUT2D eigenvalue weighted by Gasteiger charge is 2.37. The molecule has 1 unspecified atom stereocenters. The monoisotopic (exact) mass is 379 g/mol. The molecule has 1 fully saturated rings. The normalized spacial score (nSPS) is 20.2. The first kappa shape index (κ1) is 19.9. The van der Waals surface area contributed by atoms with Gasteiger partial charge in [-0.05, 0) is 19.8 Å². The smallest absolute Gasteiger partial charge is 0.485 e. The van der Waals surface area contributed by atoms with Crippen molar-refractivity contribution in [3.63, 3.8) is 0 Å². The van der Waals surface area contributed by atoms with Gasteiger partial charge in [0, 0.05) is 12.6 Å². The van der Waals surface area contributed by atoms with Gasteiger partial charge in [0.05, 0.1) is 7.05 Å². The van der Waals surface area contributed by atoms with Crippen LogP contribution in [-0.4, -0.2) is 47.8 Å². The Bertz CT molecular complexity index is 742. The van der Waals surface area contributed by atoms with Gasteiger partial charge >= 0.3 is 15.7 Å². The van der Waals surface area contributed by atoms with E-state index in [0.29, 0.717) is 6.54 Å². The van der Waals surface area contributed by atoms with Crippen LogP contribution < -0.4 is 4.57 Å². The van der Waals surface area contributed by atoms with E-state index < -0.39 is 25.8 Å². The topological polar surface area (TPSA) is 103 Å². The molecule has 134 valence electrons. The van der Waals surface area contributed by atoms with Gasteiger partial charge in [0.1, 0.15) is 12.4 Å². The van der Waals surface area contributed by atoms with Crippen molar-refractivity contribution in [2.45, 2.75) is 31.3 Å². The second-order valence-corrected chi connectivity index (χ2v) is 8.08.